The Morgan fingerprint density at radius 2 is 2.14 bits per heavy atom. The molecule has 14 heavy (non-hydrogen) atoms. The second kappa shape index (κ2) is 7.02. The van der Waals surface area contributed by atoms with E-state index in [0.29, 0.717) is 6.54 Å². The molecule has 0 aliphatic carbocycles. The summed E-state index contributed by atoms with van der Waals surface area (Å²) in [6.45, 7) is 3.42. The molecule has 0 spiro atoms. The van der Waals surface area contributed by atoms with Crippen molar-refractivity contribution in [3.8, 4) is 12.3 Å². The molecule has 4 heteroatoms. The van der Waals surface area contributed by atoms with Gasteiger partial charge in [0.05, 0.1) is 10.3 Å². The summed E-state index contributed by atoms with van der Waals surface area (Å²) in [4.78, 5) is 1.34. The van der Waals surface area contributed by atoms with E-state index in [4.69, 9.17) is 6.42 Å². The molecular weight excluding hydrogens is 260 g/mol. The lowest BCUT2D eigenvalue weighted by atomic mass is 10.4. The van der Waals surface area contributed by atoms with Crippen LogP contribution in [0, 0.1) is 12.3 Å². The third-order valence-electron chi connectivity index (χ3n) is 1.63. The number of thiophene rings is 1. The van der Waals surface area contributed by atoms with Gasteiger partial charge in [-0.2, -0.15) is 0 Å². The summed E-state index contributed by atoms with van der Waals surface area (Å²) in [5.74, 6) is 2.54. The molecule has 0 saturated heterocycles. The molecule has 0 aromatic carbocycles. The Balaban J connectivity index is 2.02. The van der Waals surface area contributed by atoms with Crippen molar-refractivity contribution in [2.24, 2.45) is 0 Å². The van der Waals surface area contributed by atoms with E-state index < -0.39 is 0 Å². The summed E-state index contributed by atoms with van der Waals surface area (Å²) in [7, 11) is 0. The fourth-order valence-electron chi connectivity index (χ4n) is 0.996. The molecule has 2 N–H and O–H groups in total. The van der Waals surface area contributed by atoms with Gasteiger partial charge in [-0.3, -0.25) is 0 Å². The molecule has 0 fully saturated rings. The first kappa shape index (κ1) is 11.7. The Bertz CT molecular complexity index is 303. The summed E-state index contributed by atoms with van der Waals surface area (Å²) in [5.41, 5.74) is 0. The highest BCUT2D eigenvalue weighted by Gasteiger charge is 1.95. The minimum absolute atomic E-state index is 0.645. The minimum atomic E-state index is 0.645. The van der Waals surface area contributed by atoms with Crippen LogP contribution in [0.15, 0.2) is 15.9 Å². The van der Waals surface area contributed by atoms with Crippen LogP contribution in [0.3, 0.4) is 0 Å². The molecule has 0 radical (unpaired) electrons. The second-order valence-corrected chi connectivity index (χ2v) is 5.31. The molecule has 76 valence electrons. The molecule has 0 saturated carbocycles. The zero-order valence-electron chi connectivity index (χ0n) is 7.85. The van der Waals surface area contributed by atoms with E-state index in [0.717, 1.165) is 19.6 Å². The number of hydrogen-bond acceptors (Lipinski definition) is 3. The third kappa shape index (κ3) is 4.77. The van der Waals surface area contributed by atoms with Gasteiger partial charge in [0, 0.05) is 24.5 Å². The van der Waals surface area contributed by atoms with Gasteiger partial charge >= 0.3 is 0 Å². The molecule has 0 amide bonds. The molecule has 0 aliphatic rings. The summed E-state index contributed by atoms with van der Waals surface area (Å²) in [5, 5.41) is 6.45. The van der Waals surface area contributed by atoms with Crippen LogP contribution in [0.2, 0.25) is 0 Å². The lowest BCUT2D eigenvalue weighted by Gasteiger charge is -2.02. The first-order valence-corrected chi connectivity index (χ1v) is 6.03. The van der Waals surface area contributed by atoms with E-state index >= 15 is 0 Å². The fraction of sp³-hybridized carbons (Fsp3) is 0.400. The van der Waals surface area contributed by atoms with Crippen LogP contribution in [0.4, 0.5) is 0 Å². The maximum Gasteiger partial charge on any atom is 0.0701 e. The monoisotopic (exact) mass is 272 g/mol. The summed E-state index contributed by atoms with van der Waals surface area (Å²) < 4.78 is 1.18. The zero-order chi connectivity index (χ0) is 10.2. The van der Waals surface area contributed by atoms with Crippen molar-refractivity contribution in [1.82, 2.24) is 10.6 Å². The van der Waals surface area contributed by atoms with Gasteiger partial charge in [0.2, 0.25) is 0 Å². The van der Waals surface area contributed by atoms with E-state index in [-0.39, 0.29) is 0 Å². The van der Waals surface area contributed by atoms with Crippen molar-refractivity contribution in [3.63, 3.8) is 0 Å². The largest absolute Gasteiger partial charge is 0.311 e. The molecular formula is C10H13BrN2S. The van der Waals surface area contributed by atoms with Gasteiger partial charge in [-0.05, 0) is 28.1 Å². The van der Waals surface area contributed by atoms with Crippen LogP contribution in [0.1, 0.15) is 4.88 Å². The molecule has 1 rings (SSSR count). The minimum Gasteiger partial charge on any atom is -0.311 e. The van der Waals surface area contributed by atoms with Crippen LogP contribution < -0.4 is 10.6 Å². The Morgan fingerprint density at radius 1 is 1.36 bits per heavy atom. The van der Waals surface area contributed by atoms with Gasteiger partial charge in [0.1, 0.15) is 0 Å². The maximum absolute atomic E-state index is 5.10. The zero-order valence-corrected chi connectivity index (χ0v) is 10.2. The average molecular weight is 273 g/mol. The third-order valence-corrected chi connectivity index (χ3v) is 3.26. The van der Waals surface area contributed by atoms with Gasteiger partial charge in [-0.15, -0.1) is 17.8 Å². The average Bonchev–Trinajstić information content (AvgIpc) is 2.58. The quantitative estimate of drug-likeness (QED) is 0.610. The SMILES string of the molecule is C#CCNCCNCc1ccc(Br)s1. The van der Waals surface area contributed by atoms with Gasteiger partial charge in [-0.1, -0.05) is 5.92 Å². The Kier molecular flexibility index (Phi) is 5.88. The van der Waals surface area contributed by atoms with Crippen LogP contribution >= 0.6 is 27.3 Å². The first-order chi connectivity index (χ1) is 6.83. The number of terminal acetylenes is 1. The maximum atomic E-state index is 5.10. The molecule has 1 aromatic rings. The van der Waals surface area contributed by atoms with Crippen molar-refractivity contribution < 1.29 is 0 Å². The van der Waals surface area contributed by atoms with Gasteiger partial charge in [-0.25, -0.2) is 0 Å². The second-order valence-electron chi connectivity index (χ2n) is 2.76. The van der Waals surface area contributed by atoms with Crippen LogP contribution in [-0.2, 0) is 6.54 Å². The highest BCUT2D eigenvalue weighted by atomic mass is 79.9. The summed E-state index contributed by atoms with van der Waals surface area (Å²) in [6.07, 6.45) is 5.10. The molecule has 0 unspecified atom stereocenters. The van der Waals surface area contributed by atoms with E-state index in [9.17, 15) is 0 Å². The normalized spacial score (nSPS) is 10.0. The number of hydrogen-bond donors (Lipinski definition) is 2. The molecule has 0 aliphatic heterocycles. The number of halogens is 1. The van der Waals surface area contributed by atoms with Crippen LogP contribution in [0.5, 0.6) is 0 Å². The van der Waals surface area contributed by atoms with Crippen LogP contribution in [0.25, 0.3) is 0 Å². The van der Waals surface area contributed by atoms with E-state index in [2.05, 4.69) is 44.6 Å². The Labute approximate surface area is 97.2 Å². The molecule has 2 nitrogen and oxygen atoms in total. The predicted octanol–water partition coefficient (Wildman–Crippen LogP) is 1.82. The van der Waals surface area contributed by atoms with Gasteiger partial charge in [0.25, 0.3) is 0 Å². The van der Waals surface area contributed by atoms with Crippen molar-refractivity contribution in [1.29, 1.82) is 0 Å². The molecule has 1 aromatic heterocycles. The van der Waals surface area contributed by atoms with Gasteiger partial charge in [0.15, 0.2) is 0 Å². The van der Waals surface area contributed by atoms with Gasteiger partial charge < -0.3 is 10.6 Å². The van der Waals surface area contributed by atoms with Crippen molar-refractivity contribution >= 4 is 27.3 Å². The molecule has 1 heterocycles. The lowest BCUT2D eigenvalue weighted by Crippen LogP contribution is -2.26. The molecule has 0 atom stereocenters. The first-order valence-electron chi connectivity index (χ1n) is 4.42. The predicted molar refractivity (Wildman–Crippen MR) is 65.4 cm³/mol. The number of nitrogens with one attached hydrogen (secondary N) is 2. The van der Waals surface area contributed by atoms with Crippen molar-refractivity contribution in [2.45, 2.75) is 6.54 Å². The molecule has 0 bridgehead atoms. The summed E-state index contributed by atoms with van der Waals surface area (Å²) >= 11 is 5.19. The fourth-order valence-corrected chi connectivity index (χ4v) is 2.45. The van der Waals surface area contributed by atoms with E-state index in [1.165, 1.54) is 8.66 Å². The highest BCUT2D eigenvalue weighted by Crippen LogP contribution is 2.21. The lowest BCUT2D eigenvalue weighted by molar-refractivity contribution is 0.642. The van der Waals surface area contributed by atoms with E-state index in [1.54, 1.807) is 11.3 Å². The topological polar surface area (TPSA) is 24.1 Å². The van der Waals surface area contributed by atoms with Crippen molar-refractivity contribution in [2.75, 3.05) is 19.6 Å². The number of rotatable bonds is 6. The van der Waals surface area contributed by atoms with Crippen molar-refractivity contribution in [3.05, 3.63) is 20.8 Å². The summed E-state index contributed by atoms with van der Waals surface area (Å²) in [6, 6.07) is 4.19. The Hall–Kier alpha value is -0.340. The Morgan fingerprint density at radius 3 is 2.79 bits per heavy atom. The highest BCUT2D eigenvalue weighted by molar-refractivity contribution is 9.11. The smallest absolute Gasteiger partial charge is 0.0701 e. The van der Waals surface area contributed by atoms with Crippen LogP contribution in [-0.4, -0.2) is 19.6 Å². The standard InChI is InChI=1S/C10H13BrN2S/c1-2-5-12-6-7-13-8-9-3-4-10(11)14-9/h1,3-4,12-13H,5-8H2. The van der Waals surface area contributed by atoms with E-state index in [1.807, 2.05) is 0 Å².